The van der Waals surface area contributed by atoms with Crippen LogP contribution >= 0.6 is 0 Å². The van der Waals surface area contributed by atoms with Crippen LogP contribution in [-0.2, 0) is 48.9 Å². The third-order valence-electron chi connectivity index (χ3n) is 22.0. The molecular weight excluding hydrogens is 1220 g/mol. The topological polar surface area (TPSA) is 71.9 Å². The fourth-order valence-corrected chi connectivity index (χ4v) is 13.9. The van der Waals surface area contributed by atoms with Crippen LogP contribution in [-0.4, -0.2) is 148 Å². The first-order valence-corrected chi connectivity index (χ1v) is 36.2. The van der Waals surface area contributed by atoms with Gasteiger partial charge in [0.2, 0.25) is 0 Å². The highest BCUT2D eigenvalue weighted by Crippen LogP contribution is 2.39. The average Bonchev–Trinajstić information content (AvgIpc) is 2.49. The van der Waals surface area contributed by atoms with E-state index in [0.29, 0.717) is 19.1 Å². The second-order valence-corrected chi connectivity index (χ2v) is 31.1. The van der Waals surface area contributed by atoms with E-state index in [2.05, 4.69) is 174 Å². The molecule has 2 N–H and O–H groups in total. The lowest BCUT2D eigenvalue weighted by Gasteiger charge is -2.41. The first-order valence-electron chi connectivity index (χ1n) is 36.2. The Hall–Kier alpha value is -4.64. The van der Waals surface area contributed by atoms with Crippen LogP contribution in [0, 0.1) is 24.7 Å². The lowest BCUT2D eigenvalue weighted by Crippen LogP contribution is -2.42. The molecule has 4 aliphatic rings. The first kappa shape index (κ1) is 80.3. The Morgan fingerprint density at radius 2 is 0.729 bits per heavy atom. The van der Waals surface area contributed by atoms with Gasteiger partial charge in [-0.1, -0.05) is 177 Å². The van der Waals surface area contributed by atoms with Gasteiger partial charge in [-0.05, 0) is 272 Å². The van der Waals surface area contributed by atoms with E-state index in [1.165, 1.54) is 131 Å². The van der Waals surface area contributed by atoms with Crippen LogP contribution in [0.5, 0.6) is 0 Å². The van der Waals surface area contributed by atoms with Gasteiger partial charge < -0.3 is 39.3 Å². The molecular formula is C82H122F6N4O4. The number of methoxy groups -OCH3 is 1. The van der Waals surface area contributed by atoms with Gasteiger partial charge in [-0.3, -0.25) is 0 Å². The zero-order valence-corrected chi connectivity index (χ0v) is 60.6. The number of likely N-dealkylation sites (tertiary alicyclic amines) is 4. The molecule has 9 rings (SSSR count). The summed E-state index contributed by atoms with van der Waals surface area (Å²) in [7, 11) is 1.72. The first-order chi connectivity index (χ1) is 45.4. The van der Waals surface area contributed by atoms with Crippen molar-refractivity contribution in [1.82, 2.24) is 19.6 Å². The third-order valence-corrected chi connectivity index (χ3v) is 22.0. The minimum atomic E-state index is -4.28. The van der Waals surface area contributed by atoms with E-state index in [0.717, 1.165) is 120 Å². The van der Waals surface area contributed by atoms with E-state index in [9.17, 15) is 26.3 Å². The molecule has 14 heteroatoms. The Bertz CT molecular complexity index is 2890. The number of rotatable bonds is 26. The van der Waals surface area contributed by atoms with Crippen molar-refractivity contribution in [2.75, 3.05) is 119 Å². The highest BCUT2D eigenvalue weighted by molar-refractivity contribution is 5.32. The molecule has 4 heterocycles. The molecule has 536 valence electrons. The Morgan fingerprint density at radius 1 is 0.406 bits per heavy atom. The van der Waals surface area contributed by atoms with Gasteiger partial charge in [0.15, 0.2) is 0 Å². The van der Waals surface area contributed by atoms with E-state index in [-0.39, 0.29) is 33.7 Å². The molecule has 0 unspecified atom stereocenters. The maximum absolute atomic E-state index is 12.8. The lowest BCUT2D eigenvalue weighted by atomic mass is 9.74. The van der Waals surface area contributed by atoms with E-state index < -0.39 is 23.5 Å². The van der Waals surface area contributed by atoms with E-state index >= 15 is 0 Å². The summed E-state index contributed by atoms with van der Waals surface area (Å²) in [4.78, 5) is 10.1. The average molecular weight is 1340 g/mol. The number of hydrogen-bond donors (Lipinski definition) is 2. The normalized spacial score (nSPS) is 18.0. The molecule has 0 saturated carbocycles. The van der Waals surface area contributed by atoms with Gasteiger partial charge in [-0.25, -0.2) is 0 Å². The highest BCUT2D eigenvalue weighted by Gasteiger charge is 2.35. The molecule has 5 aromatic carbocycles. The lowest BCUT2D eigenvalue weighted by molar-refractivity contribution is -0.138. The predicted molar refractivity (Wildman–Crippen MR) is 384 cm³/mol. The highest BCUT2D eigenvalue weighted by atomic mass is 19.4. The monoisotopic (exact) mass is 1340 g/mol. The van der Waals surface area contributed by atoms with Crippen molar-refractivity contribution in [3.05, 3.63) is 178 Å². The number of alkyl halides is 6. The summed E-state index contributed by atoms with van der Waals surface area (Å²) >= 11 is 0. The molecule has 0 aromatic heterocycles. The number of piperidine rings is 4. The van der Waals surface area contributed by atoms with Crippen LogP contribution in [0.25, 0.3) is 0 Å². The largest absolute Gasteiger partial charge is 0.416 e. The SMILES string of the molecule is CC(C)(CCN1CCC(C)(c2ccccc2)CC1)c1ccc(C(F)(F)F)cc1.CC(C)(CCN1CCC(CCO)CC1)c1ccccc1.CC(C)(CCN1CCC(CO)CC1)c1ccc(C(F)(F)F)cc1.COCCOCCC1CCN(CCC(C)(C)c2ccc(C)cc2)CC1. The Kier molecular flexibility index (Phi) is 32.0. The van der Waals surface area contributed by atoms with Crippen LogP contribution in [0.3, 0.4) is 0 Å². The van der Waals surface area contributed by atoms with E-state index in [4.69, 9.17) is 19.7 Å². The fraction of sp³-hybridized carbons (Fsp3) is 0.634. The molecule has 0 bridgehead atoms. The summed E-state index contributed by atoms with van der Waals surface area (Å²) in [6.45, 7) is 38.6. The van der Waals surface area contributed by atoms with Crippen molar-refractivity contribution in [3.63, 3.8) is 0 Å². The van der Waals surface area contributed by atoms with E-state index in [1.807, 2.05) is 0 Å². The van der Waals surface area contributed by atoms with Gasteiger partial charge in [0, 0.05) is 26.9 Å². The number of aryl methyl sites for hydroxylation is 1. The number of aliphatic hydroxyl groups excluding tert-OH is 2. The van der Waals surface area contributed by atoms with Crippen molar-refractivity contribution in [2.45, 2.75) is 199 Å². The maximum atomic E-state index is 12.8. The Balaban J connectivity index is 0.000000204. The summed E-state index contributed by atoms with van der Waals surface area (Å²) in [5.74, 6) is 2.01. The van der Waals surface area contributed by atoms with Crippen LogP contribution in [0.2, 0.25) is 0 Å². The van der Waals surface area contributed by atoms with Gasteiger partial charge in [0.25, 0.3) is 0 Å². The van der Waals surface area contributed by atoms with Gasteiger partial charge >= 0.3 is 12.4 Å². The number of ether oxygens (including phenoxy) is 2. The summed E-state index contributed by atoms with van der Waals surface area (Å²) in [6.07, 6.45) is 7.38. The molecule has 0 amide bonds. The summed E-state index contributed by atoms with van der Waals surface area (Å²) in [6, 6.07) is 41.8. The van der Waals surface area contributed by atoms with Crippen molar-refractivity contribution in [3.8, 4) is 0 Å². The number of hydrogen-bond acceptors (Lipinski definition) is 8. The summed E-state index contributed by atoms with van der Waals surface area (Å²) in [5.41, 5.74) is 6.82. The minimum absolute atomic E-state index is 0.149. The quantitative estimate of drug-likeness (QED) is 0.0419. The van der Waals surface area contributed by atoms with Gasteiger partial charge in [-0.15, -0.1) is 0 Å². The zero-order chi connectivity index (χ0) is 70.1. The predicted octanol–water partition coefficient (Wildman–Crippen LogP) is 18.4. The number of halogens is 6. The summed E-state index contributed by atoms with van der Waals surface area (Å²) < 4.78 is 86.9. The van der Waals surface area contributed by atoms with E-state index in [1.54, 1.807) is 31.4 Å². The molecule has 0 radical (unpaired) electrons. The van der Waals surface area contributed by atoms with Crippen LogP contribution in [0.15, 0.2) is 133 Å². The second kappa shape index (κ2) is 38.2. The number of nitrogens with zero attached hydrogens (tertiary/aromatic N) is 4. The molecule has 0 aliphatic carbocycles. The zero-order valence-electron chi connectivity index (χ0n) is 60.6. The maximum Gasteiger partial charge on any atom is 0.416 e. The number of aliphatic hydroxyl groups is 2. The van der Waals surface area contributed by atoms with Crippen molar-refractivity contribution in [2.24, 2.45) is 17.8 Å². The molecule has 8 nitrogen and oxygen atoms in total. The Labute approximate surface area is 575 Å². The second-order valence-electron chi connectivity index (χ2n) is 31.1. The van der Waals surface area contributed by atoms with Crippen LogP contribution in [0.4, 0.5) is 26.3 Å². The van der Waals surface area contributed by atoms with Crippen LogP contribution in [0.1, 0.15) is 197 Å². The number of benzene rings is 5. The standard InChI is InChI=1S/C24H30F3N.C22H37NO2.C18H26F3NO.C18H29NO/c1-22(2,19-9-11-21(12-10-19)24(25,26)27)13-16-28-17-14-23(3,15-18-28)20-7-5-4-6-8-20;1-19-5-7-21(8-6-19)22(2,3)12-15-23-13-9-20(10-14-23)11-16-25-18-17-24-4;1-17(2,9-12-22-10-7-14(13-23)8-11-22)15-3-5-16(6-4-15)18(19,20)21;1-18(2,17-6-4-3-5-7-17)11-14-19-12-8-16(9-13-19)10-15-20/h4-12H,13-18H2,1-3H3;5-8,20H,9-18H2,1-4H3;3-6,14,23H,7-13H2,1-2H3;3-7,16,20H,8-15H2,1-2H3. The molecule has 4 aliphatic heterocycles. The van der Waals surface area contributed by atoms with Crippen LogP contribution < -0.4 is 0 Å². The van der Waals surface area contributed by atoms with Crippen molar-refractivity contribution < 1.29 is 46.0 Å². The Morgan fingerprint density at radius 3 is 1.08 bits per heavy atom. The van der Waals surface area contributed by atoms with Crippen molar-refractivity contribution in [1.29, 1.82) is 0 Å². The van der Waals surface area contributed by atoms with Gasteiger partial charge in [0.1, 0.15) is 0 Å². The molecule has 4 fully saturated rings. The molecule has 96 heavy (non-hydrogen) atoms. The summed E-state index contributed by atoms with van der Waals surface area (Å²) in [5, 5.41) is 18.2. The third kappa shape index (κ3) is 26.8. The molecule has 5 aromatic rings. The van der Waals surface area contributed by atoms with Crippen molar-refractivity contribution >= 4 is 0 Å². The minimum Gasteiger partial charge on any atom is -0.396 e. The molecule has 4 saturated heterocycles. The molecule has 0 atom stereocenters. The smallest absolute Gasteiger partial charge is 0.396 e. The molecule has 0 spiro atoms. The van der Waals surface area contributed by atoms with Gasteiger partial charge in [-0.2, -0.15) is 26.3 Å². The van der Waals surface area contributed by atoms with Gasteiger partial charge in [0.05, 0.1) is 24.3 Å². The fourth-order valence-electron chi connectivity index (χ4n) is 13.9.